The number of aromatic nitrogens is 4. The fourth-order valence-corrected chi connectivity index (χ4v) is 3.56. The summed E-state index contributed by atoms with van der Waals surface area (Å²) >= 11 is 9.75. The molecule has 3 heterocycles. The SMILES string of the molecule is CC(Nc1ccc2cc(Br)cc(Cl)c2n1)c1nnc2ccccn12. The van der Waals surface area contributed by atoms with Gasteiger partial charge < -0.3 is 5.32 Å². The van der Waals surface area contributed by atoms with Gasteiger partial charge in [0.15, 0.2) is 11.5 Å². The molecule has 0 saturated heterocycles. The number of nitrogens with one attached hydrogen (secondary N) is 1. The smallest absolute Gasteiger partial charge is 0.160 e. The quantitative estimate of drug-likeness (QED) is 0.531. The third-order valence-electron chi connectivity index (χ3n) is 3.80. The highest BCUT2D eigenvalue weighted by molar-refractivity contribution is 9.10. The Morgan fingerprint density at radius 1 is 1.17 bits per heavy atom. The van der Waals surface area contributed by atoms with Gasteiger partial charge in [-0.3, -0.25) is 4.40 Å². The number of halogens is 2. The van der Waals surface area contributed by atoms with E-state index in [-0.39, 0.29) is 6.04 Å². The molecule has 1 atom stereocenters. The molecule has 120 valence electrons. The third kappa shape index (κ3) is 2.72. The molecule has 4 aromatic rings. The first-order chi connectivity index (χ1) is 11.6. The number of pyridine rings is 2. The molecule has 4 rings (SSSR count). The third-order valence-corrected chi connectivity index (χ3v) is 4.55. The summed E-state index contributed by atoms with van der Waals surface area (Å²) in [6, 6.07) is 13.5. The van der Waals surface area contributed by atoms with Gasteiger partial charge in [0.2, 0.25) is 0 Å². The number of benzene rings is 1. The molecule has 0 bridgehead atoms. The summed E-state index contributed by atoms with van der Waals surface area (Å²) in [6.45, 7) is 2.03. The van der Waals surface area contributed by atoms with Crippen molar-refractivity contribution in [2.24, 2.45) is 0 Å². The Morgan fingerprint density at radius 3 is 2.92 bits per heavy atom. The maximum absolute atomic E-state index is 6.30. The molecule has 1 unspecified atom stereocenters. The second-order valence-electron chi connectivity index (χ2n) is 5.51. The van der Waals surface area contributed by atoms with Crippen LogP contribution < -0.4 is 5.32 Å². The van der Waals surface area contributed by atoms with Crippen molar-refractivity contribution in [2.75, 3.05) is 5.32 Å². The first-order valence-corrected chi connectivity index (χ1v) is 8.61. The zero-order valence-corrected chi connectivity index (χ0v) is 15.1. The van der Waals surface area contributed by atoms with Gasteiger partial charge >= 0.3 is 0 Å². The van der Waals surface area contributed by atoms with Gasteiger partial charge in [0.05, 0.1) is 16.6 Å². The molecule has 0 radical (unpaired) electrons. The van der Waals surface area contributed by atoms with Crippen molar-refractivity contribution >= 4 is 49.9 Å². The highest BCUT2D eigenvalue weighted by Gasteiger charge is 2.14. The summed E-state index contributed by atoms with van der Waals surface area (Å²) in [4.78, 5) is 4.62. The van der Waals surface area contributed by atoms with Crippen molar-refractivity contribution in [3.8, 4) is 0 Å². The lowest BCUT2D eigenvalue weighted by atomic mass is 10.2. The minimum atomic E-state index is -0.0541. The summed E-state index contributed by atoms with van der Waals surface area (Å²) in [5, 5.41) is 13.4. The fourth-order valence-electron chi connectivity index (χ4n) is 2.68. The number of hydrogen-bond donors (Lipinski definition) is 1. The first-order valence-electron chi connectivity index (χ1n) is 7.44. The van der Waals surface area contributed by atoms with Crippen LogP contribution in [0.2, 0.25) is 5.02 Å². The predicted octanol–water partition coefficient (Wildman–Crippen LogP) is 4.87. The summed E-state index contributed by atoms with van der Waals surface area (Å²) in [6.07, 6.45) is 1.95. The van der Waals surface area contributed by atoms with Crippen molar-refractivity contribution in [1.82, 2.24) is 19.6 Å². The van der Waals surface area contributed by atoms with Crippen LogP contribution in [0.3, 0.4) is 0 Å². The van der Waals surface area contributed by atoms with Gasteiger partial charge in [-0.2, -0.15) is 0 Å². The van der Waals surface area contributed by atoms with Crippen LogP contribution in [-0.4, -0.2) is 19.6 Å². The standard InChI is InChI=1S/C17H13BrClN5/c1-10(17-23-22-15-4-2-3-7-24(15)17)20-14-6-5-11-8-12(18)9-13(19)16(11)21-14/h2-10H,1H3,(H,20,21). The van der Waals surface area contributed by atoms with Crippen molar-refractivity contribution in [3.05, 3.63) is 64.0 Å². The van der Waals surface area contributed by atoms with Gasteiger partial charge in [-0.25, -0.2) is 4.98 Å². The second kappa shape index (κ2) is 6.03. The first kappa shape index (κ1) is 15.4. The van der Waals surface area contributed by atoms with E-state index in [1.54, 1.807) is 0 Å². The lowest BCUT2D eigenvalue weighted by Crippen LogP contribution is -2.11. The van der Waals surface area contributed by atoms with Crippen LogP contribution in [0.1, 0.15) is 18.8 Å². The Bertz CT molecular complexity index is 1050. The predicted molar refractivity (Wildman–Crippen MR) is 99.5 cm³/mol. The van der Waals surface area contributed by atoms with Gasteiger partial charge in [0.1, 0.15) is 5.82 Å². The van der Waals surface area contributed by atoms with E-state index in [0.29, 0.717) is 5.02 Å². The van der Waals surface area contributed by atoms with E-state index >= 15 is 0 Å². The molecule has 0 fully saturated rings. The van der Waals surface area contributed by atoms with Gasteiger partial charge in [-0.15, -0.1) is 10.2 Å². The zero-order chi connectivity index (χ0) is 16.7. The van der Waals surface area contributed by atoms with Crippen LogP contribution in [0.25, 0.3) is 16.6 Å². The molecule has 5 nitrogen and oxygen atoms in total. The molecule has 0 aliphatic rings. The van der Waals surface area contributed by atoms with E-state index in [9.17, 15) is 0 Å². The van der Waals surface area contributed by atoms with Crippen LogP contribution in [-0.2, 0) is 0 Å². The van der Waals surface area contributed by atoms with E-state index in [1.165, 1.54) is 0 Å². The van der Waals surface area contributed by atoms with Crippen molar-refractivity contribution in [2.45, 2.75) is 13.0 Å². The molecule has 1 aromatic carbocycles. The zero-order valence-electron chi connectivity index (χ0n) is 12.7. The van der Waals surface area contributed by atoms with Crippen LogP contribution in [0.15, 0.2) is 53.1 Å². The Labute approximate surface area is 151 Å². The van der Waals surface area contributed by atoms with Gasteiger partial charge in [0.25, 0.3) is 0 Å². The van der Waals surface area contributed by atoms with Gasteiger partial charge in [-0.1, -0.05) is 33.6 Å². The lowest BCUT2D eigenvalue weighted by Gasteiger charge is -2.14. The van der Waals surface area contributed by atoms with Crippen molar-refractivity contribution in [3.63, 3.8) is 0 Å². The number of nitrogens with zero attached hydrogens (tertiary/aromatic N) is 4. The topological polar surface area (TPSA) is 55.1 Å². The number of fused-ring (bicyclic) bond motifs is 2. The Morgan fingerprint density at radius 2 is 2.04 bits per heavy atom. The van der Waals surface area contributed by atoms with E-state index in [4.69, 9.17) is 11.6 Å². The van der Waals surface area contributed by atoms with Crippen LogP contribution in [0.5, 0.6) is 0 Å². The summed E-state index contributed by atoms with van der Waals surface area (Å²) < 4.78 is 2.90. The molecule has 24 heavy (non-hydrogen) atoms. The highest BCUT2D eigenvalue weighted by atomic mass is 79.9. The van der Waals surface area contributed by atoms with E-state index in [2.05, 4.69) is 36.4 Å². The molecule has 0 aliphatic heterocycles. The number of anilines is 1. The van der Waals surface area contributed by atoms with E-state index in [0.717, 1.165) is 32.7 Å². The Balaban J connectivity index is 1.68. The number of hydrogen-bond acceptors (Lipinski definition) is 4. The molecular weight excluding hydrogens is 390 g/mol. The highest BCUT2D eigenvalue weighted by Crippen LogP contribution is 2.28. The van der Waals surface area contributed by atoms with Crippen molar-refractivity contribution in [1.29, 1.82) is 0 Å². The molecule has 0 saturated carbocycles. The fraction of sp³-hybridized carbons (Fsp3) is 0.118. The average Bonchev–Trinajstić information content (AvgIpc) is 2.99. The lowest BCUT2D eigenvalue weighted by molar-refractivity contribution is 0.769. The number of rotatable bonds is 3. The van der Waals surface area contributed by atoms with E-state index < -0.39 is 0 Å². The molecule has 0 aliphatic carbocycles. The summed E-state index contributed by atoms with van der Waals surface area (Å²) in [5.41, 5.74) is 1.59. The monoisotopic (exact) mass is 401 g/mol. The van der Waals surface area contributed by atoms with Crippen molar-refractivity contribution < 1.29 is 0 Å². The van der Waals surface area contributed by atoms with Gasteiger partial charge in [-0.05, 0) is 43.3 Å². The summed E-state index contributed by atoms with van der Waals surface area (Å²) in [7, 11) is 0. The van der Waals surface area contributed by atoms with Crippen LogP contribution >= 0.6 is 27.5 Å². The molecule has 0 spiro atoms. The molecule has 7 heteroatoms. The molecule has 3 aromatic heterocycles. The van der Waals surface area contributed by atoms with Gasteiger partial charge in [0, 0.05) is 16.1 Å². The molecule has 0 amide bonds. The molecular formula is C17H13BrClN5. The Hall–Kier alpha value is -2.18. The maximum atomic E-state index is 6.30. The average molecular weight is 403 g/mol. The second-order valence-corrected chi connectivity index (χ2v) is 6.83. The normalized spacial score (nSPS) is 12.6. The largest absolute Gasteiger partial charge is 0.360 e. The maximum Gasteiger partial charge on any atom is 0.160 e. The minimum Gasteiger partial charge on any atom is -0.360 e. The van der Waals surface area contributed by atoms with Crippen LogP contribution in [0, 0.1) is 0 Å². The minimum absolute atomic E-state index is 0.0541. The van der Waals surface area contributed by atoms with E-state index in [1.807, 2.05) is 60.0 Å². The Kier molecular flexibility index (Phi) is 3.86. The summed E-state index contributed by atoms with van der Waals surface area (Å²) in [5.74, 6) is 1.57. The molecule has 1 N–H and O–H groups in total. The van der Waals surface area contributed by atoms with Crippen LogP contribution in [0.4, 0.5) is 5.82 Å².